The SMILES string of the molecule is C=C(/C(=C\N=CC)OCC)N1CC2(CCN(C)CC2)C1. The first-order valence-corrected chi connectivity index (χ1v) is 7.54. The molecule has 2 fully saturated rings. The Morgan fingerprint density at radius 2 is 2.00 bits per heavy atom. The zero-order valence-corrected chi connectivity index (χ0v) is 13.1. The summed E-state index contributed by atoms with van der Waals surface area (Å²) in [5, 5.41) is 0. The molecule has 0 aromatic heterocycles. The quantitative estimate of drug-likeness (QED) is 0.439. The van der Waals surface area contributed by atoms with Crippen LogP contribution in [0.25, 0.3) is 0 Å². The average Bonchev–Trinajstić information content (AvgIpc) is 2.41. The van der Waals surface area contributed by atoms with Gasteiger partial charge in [0.1, 0.15) is 0 Å². The molecule has 4 nitrogen and oxygen atoms in total. The highest BCUT2D eigenvalue weighted by atomic mass is 16.5. The molecule has 2 aliphatic rings. The van der Waals surface area contributed by atoms with Crippen molar-refractivity contribution in [2.45, 2.75) is 26.7 Å². The lowest BCUT2D eigenvalue weighted by Crippen LogP contribution is -2.59. The predicted octanol–water partition coefficient (Wildman–Crippen LogP) is 2.50. The van der Waals surface area contributed by atoms with Gasteiger partial charge >= 0.3 is 0 Å². The fourth-order valence-electron chi connectivity index (χ4n) is 3.01. The molecule has 0 amide bonds. The number of likely N-dealkylation sites (tertiary alicyclic amines) is 2. The van der Waals surface area contributed by atoms with E-state index in [0.29, 0.717) is 12.0 Å². The fourth-order valence-corrected chi connectivity index (χ4v) is 3.01. The number of piperidine rings is 1. The second-order valence-electron chi connectivity index (χ2n) is 5.94. The lowest BCUT2D eigenvalue weighted by molar-refractivity contribution is -0.0238. The van der Waals surface area contributed by atoms with Crippen LogP contribution in [-0.2, 0) is 4.74 Å². The molecule has 2 saturated heterocycles. The molecule has 0 N–H and O–H groups in total. The zero-order valence-electron chi connectivity index (χ0n) is 13.1. The number of aliphatic imine (C=N–C) groups is 1. The monoisotopic (exact) mass is 277 g/mol. The molecule has 2 heterocycles. The van der Waals surface area contributed by atoms with Gasteiger partial charge < -0.3 is 14.5 Å². The summed E-state index contributed by atoms with van der Waals surface area (Å²) in [5.74, 6) is 0.799. The Hall–Kier alpha value is -1.29. The number of rotatable bonds is 5. The smallest absolute Gasteiger partial charge is 0.160 e. The standard InChI is InChI=1S/C16H27N3O/c1-5-17-11-15(20-6-2)14(3)19-12-16(13-19)7-9-18(4)10-8-16/h5,11H,3,6-10,12-13H2,1-2,4H3/b15-11+,17-5?. The number of ether oxygens (including phenoxy) is 1. The van der Waals surface area contributed by atoms with Gasteiger partial charge in [0.15, 0.2) is 5.76 Å². The molecule has 1 spiro atoms. The van der Waals surface area contributed by atoms with E-state index < -0.39 is 0 Å². The summed E-state index contributed by atoms with van der Waals surface area (Å²) < 4.78 is 5.65. The van der Waals surface area contributed by atoms with Crippen molar-refractivity contribution < 1.29 is 4.74 Å². The van der Waals surface area contributed by atoms with Crippen molar-refractivity contribution in [3.05, 3.63) is 24.2 Å². The van der Waals surface area contributed by atoms with Crippen molar-refractivity contribution in [1.82, 2.24) is 9.80 Å². The van der Waals surface area contributed by atoms with Crippen LogP contribution in [0.2, 0.25) is 0 Å². The minimum atomic E-state index is 0.515. The van der Waals surface area contributed by atoms with Gasteiger partial charge in [0.25, 0.3) is 0 Å². The highest BCUT2D eigenvalue weighted by Gasteiger charge is 2.45. The lowest BCUT2D eigenvalue weighted by Gasteiger charge is -2.55. The maximum Gasteiger partial charge on any atom is 0.160 e. The first-order valence-electron chi connectivity index (χ1n) is 7.54. The summed E-state index contributed by atoms with van der Waals surface area (Å²) in [7, 11) is 2.21. The van der Waals surface area contributed by atoms with E-state index in [1.165, 1.54) is 25.9 Å². The van der Waals surface area contributed by atoms with Crippen molar-refractivity contribution in [3.63, 3.8) is 0 Å². The molecule has 0 bridgehead atoms. The van der Waals surface area contributed by atoms with Crippen LogP contribution in [-0.4, -0.2) is 55.8 Å². The normalized spacial score (nSPS) is 23.1. The molecule has 2 aliphatic heterocycles. The molecule has 0 atom stereocenters. The van der Waals surface area contributed by atoms with Crippen LogP contribution in [0.15, 0.2) is 29.2 Å². The van der Waals surface area contributed by atoms with Crippen molar-refractivity contribution in [2.75, 3.05) is 39.8 Å². The van der Waals surface area contributed by atoms with E-state index in [0.717, 1.165) is 24.5 Å². The summed E-state index contributed by atoms with van der Waals surface area (Å²) in [6, 6.07) is 0. The number of hydrogen-bond acceptors (Lipinski definition) is 4. The van der Waals surface area contributed by atoms with Crippen LogP contribution in [0.1, 0.15) is 26.7 Å². The maximum atomic E-state index is 5.65. The Kier molecular flexibility index (Phi) is 4.86. The Morgan fingerprint density at radius 3 is 2.55 bits per heavy atom. The molecular formula is C16H27N3O. The summed E-state index contributed by atoms with van der Waals surface area (Å²) >= 11 is 0. The van der Waals surface area contributed by atoms with E-state index in [2.05, 4.69) is 28.4 Å². The fraction of sp³-hybridized carbons (Fsp3) is 0.688. The first-order chi connectivity index (χ1) is 9.60. The second kappa shape index (κ2) is 6.44. The minimum absolute atomic E-state index is 0.515. The zero-order chi connectivity index (χ0) is 14.6. The minimum Gasteiger partial charge on any atom is -0.490 e. The summed E-state index contributed by atoms with van der Waals surface area (Å²) in [4.78, 5) is 8.91. The van der Waals surface area contributed by atoms with Crippen LogP contribution in [0.3, 0.4) is 0 Å². The van der Waals surface area contributed by atoms with Gasteiger partial charge in [-0.15, -0.1) is 0 Å². The molecule has 0 aromatic carbocycles. The van der Waals surface area contributed by atoms with Crippen molar-refractivity contribution in [1.29, 1.82) is 0 Å². The Balaban J connectivity index is 1.92. The van der Waals surface area contributed by atoms with Gasteiger partial charge in [0, 0.05) is 24.7 Å². The van der Waals surface area contributed by atoms with Crippen LogP contribution in [0, 0.1) is 5.41 Å². The predicted molar refractivity (Wildman–Crippen MR) is 83.8 cm³/mol. The van der Waals surface area contributed by atoms with E-state index >= 15 is 0 Å². The Morgan fingerprint density at radius 1 is 1.35 bits per heavy atom. The largest absolute Gasteiger partial charge is 0.490 e. The Labute approximate surface area is 122 Å². The maximum absolute atomic E-state index is 5.65. The lowest BCUT2D eigenvalue weighted by atomic mass is 9.72. The van der Waals surface area contributed by atoms with Gasteiger partial charge in [0.2, 0.25) is 0 Å². The molecule has 0 unspecified atom stereocenters. The second-order valence-corrected chi connectivity index (χ2v) is 5.94. The van der Waals surface area contributed by atoms with E-state index in [4.69, 9.17) is 4.74 Å². The van der Waals surface area contributed by atoms with Gasteiger partial charge in [-0.25, -0.2) is 0 Å². The van der Waals surface area contributed by atoms with Crippen molar-refractivity contribution in [3.8, 4) is 0 Å². The highest BCUT2D eigenvalue weighted by molar-refractivity contribution is 5.54. The molecule has 2 rings (SSSR count). The third kappa shape index (κ3) is 3.23. The van der Waals surface area contributed by atoms with Gasteiger partial charge in [-0.05, 0) is 46.8 Å². The molecule has 20 heavy (non-hydrogen) atoms. The van der Waals surface area contributed by atoms with Gasteiger partial charge in [-0.2, -0.15) is 0 Å². The van der Waals surface area contributed by atoms with E-state index in [1.807, 2.05) is 13.8 Å². The highest BCUT2D eigenvalue weighted by Crippen LogP contribution is 2.42. The number of hydrogen-bond donors (Lipinski definition) is 0. The summed E-state index contributed by atoms with van der Waals surface area (Å²) in [6.45, 7) is 13.4. The first kappa shape index (κ1) is 15.1. The van der Waals surface area contributed by atoms with Gasteiger partial charge in [-0.3, -0.25) is 4.99 Å². The number of nitrogens with zero attached hydrogens (tertiary/aromatic N) is 3. The average molecular weight is 277 g/mol. The van der Waals surface area contributed by atoms with Crippen molar-refractivity contribution >= 4 is 6.21 Å². The molecule has 112 valence electrons. The molecule has 0 aliphatic carbocycles. The summed E-state index contributed by atoms with van der Waals surface area (Å²) in [6.07, 6.45) is 6.13. The van der Waals surface area contributed by atoms with Gasteiger partial charge in [-0.1, -0.05) is 6.58 Å². The van der Waals surface area contributed by atoms with Gasteiger partial charge in [0.05, 0.1) is 18.5 Å². The van der Waals surface area contributed by atoms with Crippen LogP contribution < -0.4 is 0 Å². The molecule has 4 heteroatoms. The summed E-state index contributed by atoms with van der Waals surface area (Å²) in [5.41, 5.74) is 1.49. The topological polar surface area (TPSA) is 28.1 Å². The third-order valence-electron chi connectivity index (χ3n) is 4.41. The van der Waals surface area contributed by atoms with E-state index in [1.54, 1.807) is 12.4 Å². The van der Waals surface area contributed by atoms with Crippen LogP contribution in [0.5, 0.6) is 0 Å². The third-order valence-corrected chi connectivity index (χ3v) is 4.41. The van der Waals surface area contributed by atoms with E-state index in [-0.39, 0.29) is 0 Å². The molecular weight excluding hydrogens is 250 g/mol. The van der Waals surface area contributed by atoms with Crippen LogP contribution in [0.4, 0.5) is 0 Å². The van der Waals surface area contributed by atoms with E-state index in [9.17, 15) is 0 Å². The van der Waals surface area contributed by atoms with Crippen molar-refractivity contribution in [2.24, 2.45) is 10.4 Å². The molecule has 0 radical (unpaired) electrons. The Bertz CT molecular complexity index is 398. The molecule has 0 saturated carbocycles. The van der Waals surface area contributed by atoms with Crippen LogP contribution >= 0.6 is 0 Å². The molecule has 0 aromatic rings.